The highest BCUT2D eigenvalue weighted by Crippen LogP contribution is 2.34. The van der Waals surface area contributed by atoms with E-state index >= 15 is 0 Å². The Morgan fingerprint density at radius 1 is 1.31 bits per heavy atom. The number of nitrogens with zero attached hydrogens (tertiary/aromatic N) is 3. The van der Waals surface area contributed by atoms with E-state index in [-0.39, 0.29) is 21.2 Å². The van der Waals surface area contributed by atoms with Gasteiger partial charge in [0.1, 0.15) is 0 Å². The molecule has 9 nitrogen and oxygen atoms in total. The molecule has 0 atom stereocenters. The van der Waals surface area contributed by atoms with Crippen LogP contribution in [0.15, 0.2) is 40.2 Å². The maximum Gasteiger partial charge on any atom is 0.312 e. The van der Waals surface area contributed by atoms with Gasteiger partial charge >= 0.3 is 5.69 Å². The average Bonchev–Trinajstić information content (AvgIpc) is 2.53. The Kier molecular flexibility index (Phi) is 5.50. The molecule has 0 spiro atoms. The zero-order chi connectivity index (χ0) is 19.6. The van der Waals surface area contributed by atoms with Gasteiger partial charge in [0.25, 0.3) is 0 Å². The number of halogens is 1. The fraction of sp³-hybridized carbons (Fsp3) is 0.133. The van der Waals surface area contributed by atoms with Crippen molar-refractivity contribution in [2.45, 2.75) is 4.90 Å². The van der Waals surface area contributed by atoms with E-state index in [1.54, 1.807) is 19.0 Å². The van der Waals surface area contributed by atoms with Crippen LogP contribution in [0.1, 0.15) is 5.56 Å². The van der Waals surface area contributed by atoms with Crippen molar-refractivity contribution in [3.05, 3.63) is 51.0 Å². The number of sulfonamides is 1. The fourth-order valence-corrected chi connectivity index (χ4v) is 2.90. The number of anilines is 1. The largest absolute Gasteiger partial charge is 0.502 e. The quantitative estimate of drug-likeness (QED) is 0.450. The van der Waals surface area contributed by atoms with Gasteiger partial charge in [-0.25, -0.2) is 13.6 Å². The van der Waals surface area contributed by atoms with Crippen molar-refractivity contribution in [2.75, 3.05) is 19.0 Å². The molecule has 138 valence electrons. The van der Waals surface area contributed by atoms with E-state index < -0.39 is 26.4 Å². The molecule has 0 unspecified atom stereocenters. The predicted octanol–water partition coefficient (Wildman–Crippen LogP) is 2.42. The maximum absolute atomic E-state index is 11.5. The lowest BCUT2D eigenvalue weighted by atomic mass is 10.2. The van der Waals surface area contributed by atoms with Crippen LogP contribution in [0.5, 0.6) is 5.75 Å². The molecular formula is C15H15ClN4O5S. The molecule has 0 aliphatic rings. The van der Waals surface area contributed by atoms with Gasteiger partial charge in [-0.2, -0.15) is 0 Å². The van der Waals surface area contributed by atoms with Crippen molar-refractivity contribution < 1.29 is 18.4 Å². The number of benzene rings is 2. The van der Waals surface area contributed by atoms with Gasteiger partial charge in [-0.3, -0.25) is 15.1 Å². The van der Waals surface area contributed by atoms with E-state index in [9.17, 15) is 23.6 Å². The van der Waals surface area contributed by atoms with E-state index in [1.165, 1.54) is 24.3 Å². The number of hydrogen-bond acceptors (Lipinski definition) is 7. The Morgan fingerprint density at radius 2 is 1.96 bits per heavy atom. The summed E-state index contributed by atoms with van der Waals surface area (Å²) in [6, 6.07) is 6.43. The molecule has 2 aromatic rings. The summed E-state index contributed by atoms with van der Waals surface area (Å²) < 4.78 is 23.1. The number of phenols is 1. The standard InChI is InChI=1S/C15H15ClN4O5S/c1-19(2)13-4-3-11(26(17,24)25)7-12(13)18-8-9-5-10(16)6-14(15(9)21)20(22)23/h3-8,21H,1-2H3,(H2,17,24,25). The molecule has 0 amide bonds. The second-order valence-corrected chi connectivity index (χ2v) is 7.47. The lowest BCUT2D eigenvalue weighted by Crippen LogP contribution is -2.13. The van der Waals surface area contributed by atoms with Crippen molar-refractivity contribution >= 4 is 44.9 Å². The van der Waals surface area contributed by atoms with Crippen LogP contribution in [0, 0.1) is 10.1 Å². The third-order valence-corrected chi connectivity index (χ3v) is 4.51. The minimum absolute atomic E-state index is 0.00918. The lowest BCUT2D eigenvalue weighted by Gasteiger charge is -2.15. The highest BCUT2D eigenvalue weighted by Gasteiger charge is 2.18. The summed E-state index contributed by atoms with van der Waals surface area (Å²) in [5.41, 5.74) is 0.258. The Hall–Kier alpha value is -2.69. The lowest BCUT2D eigenvalue weighted by molar-refractivity contribution is -0.385. The summed E-state index contributed by atoms with van der Waals surface area (Å²) in [6.07, 6.45) is 1.16. The van der Waals surface area contributed by atoms with E-state index in [0.717, 1.165) is 12.3 Å². The summed E-state index contributed by atoms with van der Waals surface area (Å²) in [6.45, 7) is 0. The normalized spacial score (nSPS) is 11.7. The summed E-state index contributed by atoms with van der Waals surface area (Å²) in [7, 11) is -0.478. The number of aromatic hydroxyl groups is 1. The molecule has 0 aliphatic carbocycles. The summed E-state index contributed by atoms with van der Waals surface area (Å²) in [5.74, 6) is -0.600. The van der Waals surface area contributed by atoms with Crippen LogP contribution in [0.4, 0.5) is 17.1 Å². The van der Waals surface area contributed by atoms with Crippen molar-refractivity contribution in [2.24, 2.45) is 10.1 Å². The van der Waals surface area contributed by atoms with Crippen LogP contribution in [-0.2, 0) is 10.0 Å². The van der Waals surface area contributed by atoms with E-state index in [1.807, 2.05) is 0 Å². The molecule has 0 radical (unpaired) electrons. The van der Waals surface area contributed by atoms with Crippen LogP contribution in [0.3, 0.4) is 0 Å². The SMILES string of the molecule is CN(C)c1ccc(S(N)(=O)=O)cc1N=Cc1cc(Cl)cc([N+](=O)[O-])c1O. The number of nitrogens with two attached hydrogens (primary N) is 1. The van der Waals surface area contributed by atoms with Crippen LogP contribution in [0.2, 0.25) is 5.02 Å². The highest BCUT2D eigenvalue weighted by molar-refractivity contribution is 7.89. The molecule has 0 aromatic heterocycles. The average molecular weight is 399 g/mol. The van der Waals surface area contributed by atoms with Gasteiger partial charge in [0.05, 0.1) is 21.2 Å². The van der Waals surface area contributed by atoms with Crippen LogP contribution >= 0.6 is 11.6 Å². The molecule has 0 heterocycles. The molecule has 0 saturated heterocycles. The number of hydrogen-bond donors (Lipinski definition) is 2. The van der Waals surface area contributed by atoms with Gasteiger partial charge in [-0.05, 0) is 24.3 Å². The van der Waals surface area contributed by atoms with Gasteiger partial charge in [0.2, 0.25) is 15.8 Å². The summed E-state index contributed by atoms with van der Waals surface area (Å²) in [5, 5.41) is 26.1. The van der Waals surface area contributed by atoms with Gasteiger partial charge in [0.15, 0.2) is 0 Å². The van der Waals surface area contributed by atoms with Crippen LogP contribution in [-0.4, -0.2) is 38.8 Å². The Labute approximate surface area is 154 Å². The molecule has 0 aliphatic heterocycles. The molecule has 0 bridgehead atoms. The molecule has 3 N–H and O–H groups in total. The van der Waals surface area contributed by atoms with E-state index in [0.29, 0.717) is 5.69 Å². The second kappa shape index (κ2) is 7.28. The zero-order valence-electron chi connectivity index (χ0n) is 13.7. The van der Waals surface area contributed by atoms with Crippen molar-refractivity contribution in [1.29, 1.82) is 0 Å². The molecule has 11 heteroatoms. The highest BCUT2D eigenvalue weighted by atomic mass is 35.5. The van der Waals surface area contributed by atoms with Crippen molar-refractivity contribution in [3.63, 3.8) is 0 Å². The summed E-state index contributed by atoms with van der Waals surface area (Å²) in [4.78, 5) is 15.9. The maximum atomic E-state index is 11.5. The Balaban J connectivity index is 2.59. The second-order valence-electron chi connectivity index (χ2n) is 5.47. The van der Waals surface area contributed by atoms with E-state index in [4.69, 9.17) is 16.7 Å². The van der Waals surface area contributed by atoms with Crippen LogP contribution < -0.4 is 10.0 Å². The molecule has 0 fully saturated rings. The van der Waals surface area contributed by atoms with Crippen molar-refractivity contribution in [3.8, 4) is 5.75 Å². The number of rotatable bonds is 5. The predicted molar refractivity (Wildman–Crippen MR) is 99.2 cm³/mol. The first-order valence-corrected chi connectivity index (χ1v) is 8.98. The summed E-state index contributed by atoms with van der Waals surface area (Å²) >= 11 is 5.83. The van der Waals surface area contributed by atoms with E-state index in [2.05, 4.69) is 4.99 Å². The molecule has 0 saturated carbocycles. The number of phenolic OH excluding ortho intramolecular Hbond substituents is 1. The topological polar surface area (TPSA) is 139 Å². The van der Waals surface area contributed by atoms with Gasteiger partial charge in [-0.15, -0.1) is 0 Å². The number of nitro groups is 1. The van der Waals surface area contributed by atoms with Crippen LogP contribution in [0.25, 0.3) is 0 Å². The zero-order valence-corrected chi connectivity index (χ0v) is 15.3. The monoisotopic (exact) mass is 398 g/mol. The number of nitro benzene ring substituents is 1. The Morgan fingerprint density at radius 3 is 2.50 bits per heavy atom. The first kappa shape index (κ1) is 19.6. The van der Waals surface area contributed by atoms with Gasteiger partial charge in [-0.1, -0.05) is 11.6 Å². The third-order valence-electron chi connectivity index (χ3n) is 3.38. The number of primary sulfonamides is 1. The van der Waals surface area contributed by atoms with Gasteiger partial charge in [0, 0.05) is 37.0 Å². The minimum Gasteiger partial charge on any atom is -0.502 e. The van der Waals surface area contributed by atoms with Gasteiger partial charge < -0.3 is 10.0 Å². The first-order valence-electron chi connectivity index (χ1n) is 7.06. The Bertz CT molecular complexity index is 1010. The number of aliphatic imine (C=N–C) groups is 1. The molecular weight excluding hydrogens is 384 g/mol. The molecule has 2 rings (SSSR count). The van der Waals surface area contributed by atoms with Crippen molar-refractivity contribution in [1.82, 2.24) is 0 Å². The third kappa shape index (κ3) is 4.28. The minimum atomic E-state index is -3.94. The smallest absolute Gasteiger partial charge is 0.312 e. The fourth-order valence-electron chi connectivity index (χ4n) is 2.14. The molecule has 2 aromatic carbocycles. The molecule has 26 heavy (non-hydrogen) atoms. The first-order chi connectivity index (χ1) is 12.0.